The fourth-order valence-electron chi connectivity index (χ4n) is 2.50. The van der Waals surface area contributed by atoms with E-state index in [9.17, 15) is 4.79 Å². The Hall–Kier alpha value is -1.40. The van der Waals surface area contributed by atoms with Gasteiger partial charge in [-0.05, 0) is 12.8 Å². The molecule has 0 aromatic carbocycles. The molecule has 106 valence electrons. The molecule has 0 aliphatic carbocycles. The molecule has 1 aliphatic rings. The molecule has 0 spiro atoms. The van der Waals surface area contributed by atoms with Gasteiger partial charge in [-0.1, -0.05) is 11.6 Å². The summed E-state index contributed by atoms with van der Waals surface area (Å²) in [5.74, 6) is 0.458. The highest BCUT2D eigenvalue weighted by Crippen LogP contribution is 2.28. The van der Waals surface area contributed by atoms with Crippen LogP contribution in [0.2, 0.25) is 5.02 Å². The van der Waals surface area contributed by atoms with Gasteiger partial charge in [0.25, 0.3) is 0 Å². The van der Waals surface area contributed by atoms with Crippen molar-refractivity contribution >= 4 is 28.8 Å². The molecule has 1 unspecified atom stereocenters. The number of thiazole rings is 1. The molecule has 7 heteroatoms. The Morgan fingerprint density at radius 3 is 3.15 bits per heavy atom. The maximum atomic E-state index is 12.3. The highest BCUT2D eigenvalue weighted by atomic mass is 35.5. The third-order valence-corrected chi connectivity index (χ3v) is 4.61. The van der Waals surface area contributed by atoms with Gasteiger partial charge in [0.2, 0.25) is 5.91 Å². The smallest absolute Gasteiger partial charge is 0.244 e. The first-order valence-corrected chi connectivity index (χ1v) is 7.83. The lowest BCUT2D eigenvalue weighted by atomic mass is 9.99. The van der Waals surface area contributed by atoms with Crippen LogP contribution in [0, 0.1) is 0 Å². The lowest BCUT2D eigenvalue weighted by Gasteiger charge is -2.31. The van der Waals surface area contributed by atoms with E-state index in [1.807, 2.05) is 16.5 Å². The van der Waals surface area contributed by atoms with Crippen LogP contribution in [0.4, 0.5) is 0 Å². The van der Waals surface area contributed by atoms with Crippen molar-refractivity contribution in [2.75, 3.05) is 13.1 Å². The Bertz CT molecular complexity index is 583. The molecule has 2 aromatic heterocycles. The Kier molecular flexibility index (Phi) is 4.03. The fraction of sp³-hybridized carbons (Fsp3) is 0.462. The van der Waals surface area contributed by atoms with Crippen molar-refractivity contribution in [3.8, 4) is 0 Å². The minimum Gasteiger partial charge on any atom is -0.340 e. The second-order valence-corrected chi connectivity index (χ2v) is 6.27. The third-order valence-electron chi connectivity index (χ3n) is 3.47. The quantitative estimate of drug-likeness (QED) is 0.874. The summed E-state index contributed by atoms with van der Waals surface area (Å²) in [6.45, 7) is 1.81. The molecule has 1 atom stereocenters. The summed E-state index contributed by atoms with van der Waals surface area (Å²) in [6, 6.07) is 0. The average molecular weight is 311 g/mol. The SMILES string of the molecule is O=C(Cn1cc(Cl)cn1)N1CCCC(c2nccs2)C1. The molecule has 0 bridgehead atoms. The van der Waals surface area contributed by atoms with E-state index in [0.717, 1.165) is 30.9 Å². The Labute approximate surface area is 126 Å². The molecule has 2 aromatic rings. The van der Waals surface area contributed by atoms with E-state index in [4.69, 9.17) is 11.6 Å². The highest BCUT2D eigenvalue weighted by Gasteiger charge is 2.26. The lowest BCUT2D eigenvalue weighted by Crippen LogP contribution is -2.40. The molecule has 3 heterocycles. The Balaban J connectivity index is 1.63. The van der Waals surface area contributed by atoms with Crippen LogP contribution in [0.3, 0.4) is 0 Å². The number of hydrogen-bond donors (Lipinski definition) is 0. The van der Waals surface area contributed by atoms with E-state index in [1.54, 1.807) is 28.4 Å². The van der Waals surface area contributed by atoms with E-state index in [-0.39, 0.29) is 12.5 Å². The normalized spacial score (nSPS) is 19.2. The van der Waals surface area contributed by atoms with Gasteiger partial charge in [0, 0.05) is 36.8 Å². The van der Waals surface area contributed by atoms with Gasteiger partial charge in [-0.3, -0.25) is 9.48 Å². The summed E-state index contributed by atoms with van der Waals surface area (Å²) in [5, 5.41) is 7.72. The van der Waals surface area contributed by atoms with Crippen LogP contribution in [0.1, 0.15) is 23.8 Å². The zero-order chi connectivity index (χ0) is 13.9. The molecule has 5 nitrogen and oxygen atoms in total. The standard InChI is InChI=1S/C13H15ClN4OS/c14-11-6-16-18(8-11)9-12(19)17-4-1-2-10(7-17)13-15-3-5-20-13/h3,5-6,8,10H,1-2,4,7,9H2. The predicted octanol–water partition coefficient (Wildman–Crippen LogP) is 2.40. The fourth-order valence-corrected chi connectivity index (χ4v) is 3.43. The highest BCUT2D eigenvalue weighted by molar-refractivity contribution is 7.09. The number of amides is 1. The van der Waals surface area contributed by atoms with Crippen molar-refractivity contribution in [3.63, 3.8) is 0 Å². The van der Waals surface area contributed by atoms with Gasteiger partial charge in [-0.15, -0.1) is 11.3 Å². The molecule has 0 saturated carbocycles. The predicted molar refractivity (Wildman–Crippen MR) is 77.9 cm³/mol. The van der Waals surface area contributed by atoms with E-state index in [2.05, 4.69) is 10.1 Å². The van der Waals surface area contributed by atoms with Crippen LogP contribution in [0.15, 0.2) is 24.0 Å². The molecule has 20 heavy (non-hydrogen) atoms. The van der Waals surface area contributed by atoms with Crippen LogP contribution in [0.25, 0.3) is 0 Å². The number of rotatable bonds is 3. The molecule has 1 amide bonds. The van der Waals surface area contributed by atoms with Gasteiger partial charge < -0.3 is 4.90 Å². The number of halogens is 1. The maximum absolute atomic E-state index is 12.3. The summed E-state index contributed by atoms with van der Waals surface area (Å²) in [6.07, 6.45) is 7.17. The van der Waals surface area contributed by atoms with E-state index < -0.39 is 0 Å². The Morgan fingerprint density at radius 2 is 2.45 bits per heavy atom. The number of aromatic nitrogens is 3. The molecular weight excluding hydrogens is 296 g/mol. The number of carbonyl (C=O) groups is 1. The van der Waals surface area contributed by atoms with Crippen molar-refractivity contribution < 1.29 is 4.79 Å². The minimum absolute atomic E-state index is 0.0889. The van der Waals surface area contributed by atoms with Crippen LogP contribution in [-0.2, 0) is 11.3 Å². The van der Waals surface area contributed by atoms with Gasteiger partial charge in [0.15, 0.2) is 0 Å². The maximum Gasteiger partial charge on any atom is 0.244 e. The monoisotopic (exact) mass is 310 g/mol. The second-order valence-electron chi connectivity index (χ2n) is 4.91. The molecule has 0 N–H and O–H groups in total. The first kappa shape index (κ1) is 13.6. The molecule has 1 fully saturated rings. The van der Waals surface area contributed by atoms with Crippen molar-refractivity contribution in [3.05, 3.63) is 34.0 Å². The van der Waals surface area contributed by atoms with E-state index >= 15 is 0 Å². The minimum atomic E-state index is 0.0889. The molecule has 0 radical (unpaired) electrons. The third kappa shape index (κ3) is 3.02. The first-order chi connectivity index (χ1) is 9.72. The number of carbonyl (C=O) groups excluding carboxylic acids is 1. The van der Waals surface area contributed by atoms with Crippen LogP contribution >= 0.6 is 22.9 Å². The summed E-state index contributed by atoms with van der Waals surface area (Å²) < 4.78 is 1.58. The van der Waals surface area contributed by atoms with Crippen LogP contribution in [-0.4, -0.2) is 38.7 Å². The first-order valence-electron chi connectivity index (χ1n) is 6.57. The molecule has 3 rings (SSSR count). The number of likely N-dealkylation sites (tertiary alicyclic amines) is 1. The van der Waals surface area contributed by atoms with E-state index in [1.165, 1.54) is 0 Å². The average Bonchev–Trinajstić information content (AvgIpc) is 3.11. The van der Waals surface area contributed by atoms with Gasteiger partial charge in [-0.25, -0.2) is 4.98 Å². The largest absolute Gasteiger partial charge is 0.340 e. The lowest BCUT2D eigenvalue weighted by molar-refractivity contribution is -0.133. The second kappa shape index (κ2) is 5.93. The zero-order valence-corrected chi connectivity index (χ0v) is 12.5. The Morgan fingerprint density at radius 1 is 1.55 bits per heavy atom. The molecular formula is C13H15ClN4OS. The molecule has 1 saturated heterocycles. The van der Waals surface area contributed by atoms with Gasteiger partial charge in [-0.2, -0.15) is 5.10 Å². The summed E-state index contributed by atoms with van der Waals surface area (Å²) in [5.41, 5.74) is 0. The van der Waals surface area contributed by atoms with E-state index in [0.29, 0.717) is 10.9 Å². The topological polar surface area (TPSA) is 51.0 Å². The summed E-state index contributed by atoms with van der Waals surface area (Å²) >= 11 is 7.47. The number of piperidine rings is 1. The van der Waals surface area contributed by atoms with Crippen LogP contribution < -0.4 is 0 Å². The van der Waals surface area contributed by atoms with Crippen molar-refractivity contribution in [1.82, 2.24) is 19.7 Å². The number of nitrogens with zero attached hydrogens (tertiary/aromatic N) is 4. The van der Waals surface area contributed by atoms with Crippen molar-refractivity contribution in [2.24, 2.45) is 0 Å². The van der Waals surface area contributed by atoms with Gasteiger partial charge in [0.1, 0.15) is 6.54 Å². The summed E-state index contributed by atoms with van der Waals surface area (Å²) in [4.78, 5) is 18.6. The van der Waals surface area contributed by atoms with Crippen molar-refractivity contribution in [1.29, 1.82) is 0 Å². The zero-order valence-electron chi connectivity index (χ0n) is 10.9. The van der Waals surface area contributed by atoms with Crippen molar-refractivity contribution in [2.45, 2.75) is 25.3 Å². The van der Waals surface area contributed by atoms with Gasteiger partial charge in [0.05, 0.1) is 16.2 Å². The summed E-state index contributed by atoms with van der Waals surface area (Å²) in [7, 11) is 0. The van der Waals surface area contributed by atoms with Crippen LogP contribution in [0.5, 0.6) is 0 Å². The number of hydrogen-bond acceptors (Lipinski definition) is 4. The molecule has 1 aliphatic heterocycles. The van der Waals surface area contributed by atoms with Gasteiger partial charge >= 0.3 is 0 Å².